The van der Waals surface area contributed by atoms with Gasteiger partial charge in [0.25, 0.3) is 0 Å². The fourth-order valence-corrected chi connectivity index (χ4v) is 3.56. The fourth-order valence-electron chi connectivity index (χ4n) is 3.56. The number of nitrogens with zero attached hydrogens (tertiary/aromatic N) is 2. The highest BCUT2D eigenvalue weighted by atomic mass is 16.5. The summed E-state index contributed by atoms with van der Waals surface area (Å²) in [6.45, 7) is 0.843. The number of pyridine rings is 1. The Balaban J connectivity index is 1.73. The number of hydrogen-bond donors (Lipinski definition) is 1. The van der Waals surface area contributed by atoms with Gasteiger partial charge in [-0.2, -0.15) is 5.26 Å². The van der Waals surface area contributed by atoms with Crippen molar-refractivity contribution in [2.45, 2.75) is 0 Å². The molecule has 0 fully saturated rings. The molecule has 4 aromatic rings. The Morgan fingerprint density at radius 1 is 0.875 bits per heavy atom. The monoisotopic (exact) mass is 429 g/mol. The second-order valence-corrected chi connectivity index (χ2v) is 7.06. The summed E-state index contributed by atoms with van der Waals surface area (Å²) < 4.78 is 21.4. The van der Waals surface area contributed by atoms with Crippen LogP contribution in [0.1, 0.15) is 5.56 Å². The maximum absolute atomic E-state index is 9.59. The van der Waals surface area contributed by atoms with Crippen LogP contribution < -0.4 is 14.2 Å². The number of fused-ring (bicyclic) bond motifs is 1. The topological polar surface area (TPSA) is 89.4 Å². The maximum atomic E-state index is 9.59. The van der Waals surface area contributed by atoms with E-state index in [1.807, 2.05) is 48.8 Å². The van der Waals surface area contributed by atoms with Crippen molar-refractivity contribution in [2.24, 2.45) is 0 Å². The van der Waals surface area contributed by atoms with Crippen molar-refractivity contribution in [2.75, 3.05) is 34.5 Å². The predicted molar refractivity (Wildman–Crippen MR) is 122 cm³/mol. The third-order valence-electron chi connectivity index (χ3n) is 5.20. The minimum atomic E-state index is 0.385. The fraction of sp³-hybridized carbons (Fsp3) is 0.200. The standard InChI is InChI=1S/C25H23N3O4/c1-29-8-9-32-22-6-5-17(10-18(22)13-26)21-15-28-25-20(21)11-19(14-27-25)16-4-7-23(30-2)24(12-16)31-3/h4-7,10-12,14-15H,8-9H2,1-3H3,(H,27,28). The van der Waals surface area contributed by atoms with Gasteiger partial charge in [-0.25, -0.2) is 4.98 Å². The lowest BCUT2D eigenvalue weighted by molar-refractivity contribution is 0.146. The number of hydrogen-bond acceptors (Lipinski definition) is 6. The van der Waals surface area contributed by atoms with Gasteiger partial charge < -0.3 is 23.9 Å². The quantitative estimate of drug-likeness (QED) is 0.404. The number of benzene rings is 2. The number of H-pyrrole nitrogens is 1. The summed E-state index contributed by atoms with van der Waals surface area (Å²) in [6.07, 6.45) is 3.72. The number of rotatable bonds is 8. The van der Waals surface area contributed by atoms with Crippen LogP contribution in [-0.2, 0) is 4.74 Å². The molecular formula is C25H23N3O4. The van der Waals surface area contributed by atoms with Crippen LogP contribution >= 0.6 is 0 Å². The first-order chi connectivity index (χ1) is 15.7. The van der Waals surface area contributed by atoms with E-state index in [9.17, 15) is 5.26 Å². The summed E-state index contributed by atoms with van der Waals surface area (Å²) >= 11 is 0. The molecule has 7 nitrogen and oxygen atoms in total. The van der Waals surface area contributed by atoms with Crippen molar-refractivity contribution in [3.05, 3.63) is 60.4 Å². The minimum Gasteiger partial charge on any atom is -0.493 e. The van der Waals surface area contributed by atoms with Crippen LogP contribution in [0.3, 0.4) is 0 Å². The molecule has 0 bridgehead atoms. The van der Waals surface area contributed by atoms with Crippen LogP contribution in [0.2, 0.25) is 0 Å². The third kappa shape index (κ3) is 4.09. The maximum Gasteiger partial charge on any atom is 0.161 e. The molecule has 4 rings (SSSR count). The van der Waals surface area contributed by atoms with Crippen molar-refractivity contribution in [3.63, 3.8) is 0 Å². The van der Waals surface area contributed by atoms with Crippen LogP contribution in [0, 0.1) is 11.3 Å². The van der Waals surface area contributed by atoms with E-state index in [1.165, 1.54) is 0 Å². The third-order valence-corrected chi connectivity index (χ3v) is 5.20. The Kier molecular flexibility index (Phi) is 6.24. The molecule has 0 aliphatic carbocycles. The summed E-state index contributed by atoms with van der Waals surface area (Å²) in [6, 6.07) is 15.6. The Bertz CT molecular complexity index is 1290. The number of aromatic amines is 1. The predicted octanol–water partition coefficient (Wildman–Crippen LogP) is 4.81. The minimum absolute atomic E-state index is 0.385. The van der Waals surface area contributed by atoms with E-state index in [4.69, 9.17) is 18.9 Å². The van der Waals surface area contributed by atoms with Gasteiger partial charge in [0.15, 0.2) is 11.5 Å². The van der Waals surface area contributed by atoms with E-state index < -0.39 is 0 Å². The van der Waals surface area contributed by atoms with Gasteiger partial charge in [-0.3, -0.25) is 0 Å². The Morgan fingerprint density at radius 2 is 1.66 bits per heavy atom. The van der Waals surface area contributed by atoms with E-state index in [0.717, 1.165) is 33.3 Å². The van der Waals surface area contributed by atoms with E-state index >= 15 is 0 Å². The van der Waals surface area contributed by atoms with Gasteiger partial charge in [-0.1, -0.05) is 12.1 Å². The van der Waals surface area contributed by atoms with E-state index in [-0.39, 0.29) is 0 Å². The summed E-state index contributed by atoms with van der Waals surface area (Å²) in [4.78, 5) is 7.79. The molecule has 1 N–H and O–H groups in total. The summed E-state index contributed by atoms with van der Waals surface area (Å²) in [5.41, 5.74) is 5.00. The molecule has 0 saturated carbocycles. The molecule has 2 aromatic carbocycles. The van der Waals surface area contributed by atoms with Crippen molar-refractivity contribution in [3.8, 4) is 45.6 Å². The average molecular weight is 429 g/mol. The highest BCUT2D eigenvalue weighted by molar-refractivity contribution is 5.96. The Morgan fingerprint density at radius 3 is 2.41 bits per heavy atom. The zero-order valence-electron chi connectivity index (χ0n) is 18.1. The van der Waals surface area contributed by atoms with E-state index in [1.54, 1.807) is 21.3 Å². The Hall–Kier alpha value is -4.02. The number of nitriles is 1. The first-order valence-corrected chi connectivity index (χ1v) is 10.0. The average Bonchev–Trinajstić information content (AvgIpc) is 3.27. The zero-order chi connectivity index (χ0) is 22.5. The van der Waals surface area contributed by atoms with Gasteiger partial charge >= 0.3 is 0 Å². The van der Waals surface area contributed by atoms with Gasteiger partial charge in [0.05, 0.1) is 26.4 Å². The van der Waals surface area contributed by atoms with Crippen molar-refractivity contribution in [1.82, 2.24) is 9.97 Å². The smallest absolute Gasteiger partial charge is 0.161 e. The number of ether oxygens (including phenoxy) is 4. The molecule has 2 aromatic heterocycles. The SMILES string of the molecule is COCCOc1ccc(-c2c[nH]c3ncc(-c4ccc(OC)c(OC)c4)cc23)cc1C#N. The molecule has 0 amide bonds. The molecule has 0 spiro atoms. The zero-order valence-corrected chi connectivity index (χ0v) is 18.1. The van der Waals surface area contributed by atoms with Crippen LogP contribution in [0.15, 0.2) is 54.9 Å². The molecule has 0 atom stereocenters. The van der Waals surface area contributed by atoms with Crippen molar-refractivity contribution < 1.29 is 18.9 Å². The second kappa shape index (κ2) is 9.41. The number of aromatic nitrogens is 2. The summed E-state index contributed by atoms with van der Waals surface area (Å²) in [5.74, 6) is 1.86. The molecule has 2 heterocycles. The molecule has 162 valence electrons. The highest BCUT2D eigenvalue weighted by Crippen LogP contribution is 2.36. The number of methoxy groups -OCH3 is 3. The van der Waals surface area contributed by atoms with Crippen LogP contribution in [0.25, 0.3) is 33.3 Å². The Labute approximate surface area is 186 Å². The normalized spacial score (nSPS) is 10.7. The van der Waals surface area contributed by atoms with E-state index in [2.05, 4.69) is 22.1 Å². The van der Waals surface area contributed by atoms with Crippen molar-refractivity contribution >= 4 is 11.0 Å². The molecule has 32 heavy (non-hydrogen) atoms. The van der Waals surface area contributed by atoms with Gasteiger partial charge in [-0.15, -0.1) is 0 Å². The molecule has 0 aliphatic heterocycles. The van der Waals surface area contributed by atoms with Gasteiger partial charge in [0.1, 0.15) is 24.1 Å². The van der Waals surface area contributed by atoms with Gasteiger partial charge in [0, 0.05) is 36.0 Å². The molecule has 0 aliphatic rings. The first-order valence-electron chi connectivity index (χ1n) is 10.0. The summed E-state index contributed by atoms with van der Waals surface area (Å²) in [7, 11) is 4.84. The van der Waals surface area contributed by atoms with Gasteiger partial charge in [0.2, 0.25) is 0 Å². The largest absolute Gasteiger partial charge is 0.493 e. The molecule has 0 unspecified atom stereocenters. The molecule has 0 saturated heterocycles. The van der Waals surface area contributed by atoms with Crippen LogP contribution in [0.4, 0.5) is 0 Å². The number of nitrogens with one attached hydrogen (secondary N) is 1. The van der Waals surface area contributed by atoms with E-state index in [0.29, 0.717) is 36.0 Å². The summed E-state index contributed by atoms with van der Waals surface area (Å²) in [5, 5.41) is 10.5. The molecule has 7 heteroatoms. The first kappa shape index (κ1) is 21.2. The second-order valence-electron chi connectivity index (χ2n) is 7.06. The van der Waals surface area contributed by atoms with Crippen LogP contribution in [0.5, 0.6) is 17.2 Å². The lowest BCUT2D eigenvalue weighted by atomic mass is 10.0. The van der Waals surface area contributed by atoms with Gasteiger partial charge in [-0.05, 0) is 41.5 Å². The van der Waals surface area contributed by atoms with Crippen LogP contribution in [-0.4, -0.2) is 44.5 Å². The highest BCUT2D eigenvalue weighted by Gasteiger charge is 2.13. The lowest BCUT2D eigenvalue weighted by Gasteiger charge is -2.10. The molecule has 0 radical (unpaired) electrons. The molecular weight excluding hydrogens is 406 g/mol. The van der Waals surface area contributed by atoms with Crippen molar-refractivity contribution in [1.29, 1.82) is 5.26 Å². The lowest BCUT2D eigenvalue weighted by Crippen LogP contribution is -2.05.